The predicted octanol–water partition coefficient (Wildman–Crippen LogP) is 3.80. The van der Waals surface area contributed by atoms with Crippen molar-refractivity contribution in [1.29, 1.82) is 0 Å². The van der Waals surface area contributed by atoms with Crippen LogP contribution in [0, 0.1) is 6.92 Å². The fourth-order valence-electron chi connectivity index (χ4n) is 4.02. The maximum atomic E-state index is 12.9. The summed E-state index contributed by atoms with van der Waals surface area (Å²) in [5.74, 6) is 0.402. The topological polar surface area (TPSA) is 79.7 Å². The number of nitrogens with zero attached hydrogens (tertiary/aromatic N) is 4. The molecule has 9 heteroatoms. The van der Waals surface area contributed by atoms with Gasteiger partial charge in [0.1, 0.15) is 10.6 Å². The van der Waals surface area contributed by atoms with Gasteiger partial charge in [-0.15, -0.1) is 11.3 Å². The molecule has 180 valence electrons. The van der Waals surface area contributed by atoms with Crippen molar-refractivity contribution in [3.63, 3.8) is 0 Å². The lowest BCUT2D eigenvalue weighted by molar-refractivity contribution is -0.134. The lowest BCUT2D eigenvalue weighted by Gasteiger charge is -2.32. The zero-order valence-corrected chi connectivity index (χ0v) is 20.5. The average molecular weight is 490 g/mol. The van der Waals surface area contributed by atoms with Crippen molar-refractivity contribution in [3.05, 3.63) is 71.2 Å². The number of carbonyl (C=O) groups excluding carboxylic acids is 2. The summed E-state index contributed by atoms with van der Waals surface area (Å²) < 4.78 is 7.54. The first-order chi connectivity index (χ1) is 17.0. The molecule has 2 aromatic heterocycles. The number of fused-ring (bicyclic) bond motifs is 1. The number of para-hydroxylation sites is 1. The summed E-state index contributed by atoms with van der Waals surface area (Å²) in [7, 11) is 2.05. The molecule has 35 heavy (non-hydrogen) atoms. The van der Waals surface area contributed by atoms with Crippen LogP contribution in [0.4, 0.5) is 5.69 Å². The summed E-state index contributed by atoms with van der Waals surface area (Å²) in [4.78, 5) is 30.9. The largest absolute Gasteiger partial charge is 0.484 e. The number of rotatable bonds is 6. The molecule has 1 aliphatic heterocycles. The number of piperazine rings is 1. The van der Waals surface area contributed by atoms with Crippen molar-refractivity contribution in [1.82, 2.24) is 19.6 Å². The standard InChI is InChI=1S/C26H27N5O3S/c1-18-22-16-23(35-26(22)31(28-18)20-6-4-3-5-7-20)25(33)27-19-8-10-21(11-9-19)34-17-24(32)30-14-12-29(2)13-15-30/h3-11,16H,12-15,17H2,1-2H3,(H,27,33). The molecule has 0 saturated carbocycles. The van der Waals surface area contributed by atoms with Gasteiger partial charge in [0.25, 0.3) is 11.8 Å². The summed E-state index contributed by atoms with van der Waals surface area (Å²) in [6, 6.07) is 18.8. The zero-order valence-electron chi connectivity index (χ0n) is 19.7. The van der Waals surface area contributed by atoms with Crippen molar-refractivity contribution in [2.75, 3.05) is 45.2 Å². The van der Waals surface area contributed by atoms with Crippen LogP contribution in [-0.4, -0.2) is 71.2 Å². The minimum atomic E-state index is -0.177. The maximum Gasteiger partial charge on any atom is 0.265 e. The number of aryl methyl sites for hydroxylation is 1. The lowest BCUT2D eigenvalue weighted by Crippen LogP contribution is -2.48. The Bertz CT molecular complexity index is 1340. The SMILES string of the molecule is Cc1nn(-c2ccccc2)c2sc(C(=O)Nc3ccc(OCC(=O)N4CCN(C)CC4)cc3)cc12. The molecule has 0 bridgehead atoms. The summed E-state index contributed by atoms with van der Waals surface area (Å²) in [5.41, 5.74) is 2.50. The normalized spacial score (nSPS) is 14.3. The van der Waals surface area contributed by atoms with Crippen LogP contribution in [-0.2, 0) is 4.79 Å². The molecule has 0 radical (unpaired) electrons. The van der Waals surface area contributed by atoms with E-state index in [-0.39, 0.29) is 18.4 Å². The van der Waals surface area contributed by atoms with E-state index in [0.29, 0.717) is 16.3 Å². The highest BCUT2D eigenvalue weighted by Gasteiger charge is 2.20. The highest BCUT2D eigenvalue weighted by Crippen LogP contribution is 2.31. The van der Waals surface area contributed by atoms with Gasteiger partial charge in [0, 0.05) is 37.3 Å². The Morgan fingerprint density at radius 2 is 1.74 bits per heavy atom. The number of carbonyl (C=O) groups is 2. The van der Waals surface area contributed by atoms with Gasteiger partial charge in [-0.1, -0.05) is 18.2 Å². The fourth-order valence-corrected chi connectivity index (χ4v) is 5.10. The van der Waals surface area contributed by atoms with Gasteiger partial charge in [0.05, 0.1) is 16.3 Å². The molecule has 3 heterocycles. The van der Waals surface area contributed by atoms with E-state index in [0.717, 1.165) is 47.8 Å². The Morgan fingerprint density at radius 3 is 2.46 bits per heavy atom. The molecule has 5 rings (SSSR count). The lowest BCUT2D eigenvalue weighted by atomic mass is 10.2. The van der Waals surface area contributed by atoms with E-state index in [1.165, 1.54) is 11.3 Å². The third kappa shape index (κ3) is 5.06. The number of hydrogen-bond acceptors (Lipinski definition) is 6. The van der Waals surface area contributed by atoms with Crippen LogP contribution in [0.2, 0.25) is 0 Å². The summed E-state index contributed by atoms with van der Waals surface area (Å²) in [6.45, 7) is 5.17. The molecule has 2 aromatic carbocycles. The van der Waals surface area contributed by atoms with E-state index in [2.05, 4.69) is 22.4 Å². The Labute approximate surface area is 207 Å². The second kappa shape index (κ2) is 9.89. The third-order valence-electron chi connectivity index (χ3n) is 6.10. The number of aromatic nitrogens is 2. The van der Waals surface area contributed by atoms with Gasteiger partial charge in [0.15, 0.2) is 6.61 Å². The first kappa shape index (κ1) is 23.1. The van der Waals surface area contributed by atoms with E-state index in [1.54, 1.807) is 24.3 Å². The van der Waals surface area contributed by atoms with Crippen molar-refractivity contribution < 1.29 is 14.3 Å². The van der Waals surface area contributed by atoms with E-state index in [9.17, 15) is 9.59 Å². The molecule has 4 aromatic rings. The Morgan fingerprint density at radius 1 is 1.03 bits per heavy atom. The van der Waals surface area contributed by atoms with Crippen LogP contribution in [0.25, 0.3) is 15.9 Å². The molecule has 2 amide bonds. The molecule has 0 spiro atoms. The number of thiophene rings is 1. The molecule has 1 aliphatic rings. The summed E-state index contributed by atoms with van der Waals surface area (Å²) in [6.07, 6.45) is 0. The second-order valence-electron chi connectivity index (χ2n) is 8.61. The van der Waals surface area contributed by atoms with E-state index >= 15 is 0 Å². The van der Waals surface area contributed by atoms with E-state index in [1.807, 2.05) is 52.9 Å². The molecule has 0 aliphatic carbocycles. The van der Waals surface area contributed by atoms with Gasteiger partial charge in [-0.2, -0.15) is 5.10 Å². The smallest absolute Gasteiger partial charge is 0.265 e. The zero-order chi connectivity index (χ0) is 24.4. The predicted molar refractivity (Wildman–Crippen MR) is 138 cm³/mol. The highest BCUT2D eigenvalue weighted by molar-refractivity contribution is 7.20. The highest BCUT2D eigenvalue weighted by atomic mass is 32.1. The molecule has 1 N–H and O–H groups in total. The van der Waals surface area contributed by atoms with Gasteiger partial charge >= 0.3 is 0 Å². The number of anilines is 1. The van der Waals surface area contributed by atoms with Gasteiger partial charge in [-0.05, 0) is 56.4 Å². The quantitative estimate of drug-likeness (QED) is 0.446. The van der Waals surface area contributed by atoms with Crippen molar-refractivity contribution >= 4 is 39.1 Å². The molecule has 1 fully saturated rings. The molecule has 1 saturated heterocycles. The molecular weight excluding hydrogens is 462 g/mol. The van der Waals surface area contributed by atoms with Crippen molar-refractivity contribution in [2.24, 2.45) is 0 Å². The van der Waals surface area contributed by atoms with Crippen LogP contribution < -0.4 is 10.1 Å². The van der Waals surface area contributed by atoms with Gasteiger partial charge in [-0.25, -0.2) is 4.68 Å². The number of likely N-dealkylation sites (N-methyl/N-ethyl adjacent to an activating group) is 1. The average Bonchev–Trinajstić information content (AvgIpc) is 3.45. The molecule has 0 unspecified atom stereocenters. The first-order valence-electron chi connectivity index (χ1n) is 11.5. The second-order valence-corrected chi connectivity index (χ2v) is 9.64. The number of hydrogen-bond donors (Lipinski definition) is 1. The Kier molecular flexibility index (Phi) is 6.52. The fraction of sp³-hybridized carbons (Fsp3) is 0.269. The Balaban J connectivity index is 1.21. The number of ether oxygens (including phenoxy) is 1. The summed E-state index contributed by atoms with van der Waals surface area (Å²) in [5, 5.41) is 8.54. The summed E-state index contributed by atoms with van der Waals surface area (Å²) >= 11 is 1.41. The van der Waals surface area contributed by atoms with Gasteiger partial charge in [-0.3, -0.25) is 9.59 Å². The monoisotopic (exact) mass is 489 g/mol. The van der Waals surface area contributed by atoms with Gasteiger partial charge < -0.3 is 19.9 Å². The van der Waals surface area contributed by atoms with Crippen LogP contribution in [0.5, 0.6) is 5.75 Å². The third-order valence-corrected chi connectivity index (χ3v) is 7.21. The van der Waals surface area contributed by atoms with Gasteiger partial charge in [0.2, 0.25) is 0 Å². The number of nitrogens with one attached hydrogen (secondary N) is 1. The maximum absolute atomic E-state index is 12.9. The molecular formula is C26H27N5O3S. The Hall–Kier alpha value is -3.69. The minimum Gasteiger partial charge on any atom is -0.484 e. The van der Waals surface area contributed by atoms with E-state index in [4.69, 9.17) is 4.74 Å². The minimum absolute atomic E-state index is 0.00892. The van der Waals surface area contributed by atoms with E-state index < -0.39 is 0 Å². The molecule has 8 nitrogen and oxygen atoms in total. The van der Waals surface area contributed by atoms with Crippen LogP contribution in [0.3, 0.4) is 0 Å². The van der Waals surface area contributed by atoms with Crippen molar-refractivity contribution in [2.45, 2.75) is 6.92 Å². The number of amides is 2. The van der Waals surface area contributed by atoms with Crippen LogP contribution >= 0.6 is 11.3 Å². The van der Waals surface area contributed by atoms with Crippen LogP contribution in [0.1, 0.15) is 15.4 Å². The van der Waals surface area contributed by atoms with Crippen LogP contribution in [0.15, 0.2) is 60.7 Å². The molecule has 0 atom stereocenters. The van der Waals surface area contributed by atoms with Crippen molar-refractivity contribution in [3.8, 4) is 11.4 Å². The number of benzene rings is 2. The first-order valence-corrected chi connectivity index (χ1v) is 12.3.